The van der Waals surface area contributed by atoms with Crippen LogP contribution in [0, 0.1) is 0 Å². The molecule has 214 valence electrons. The minimum absolute atomic E-state index is 0.0782. The number of benzene rings is 4. The molecule has 0 spiro atoms. The zero-order chi connectivity index (χ0) is 29.5. The van der Waals surface area contributed by atoms with Crippen LogP contribution < -0.4 is 24.4 Å². The van der Waals surface area contributed by atoms with Gasteiger partial charge in [0, 0.05) is 26.7 Å². The van der Waals surface area contributed by atoms with Gasteiger partial charge in [0.25, 0.3) is 5.56 Å². The summed E-state index contributed by atoms with van der Waals surface area (Å²) in [5, 5.41) is 1.12. The smallest absolute Gasteiger partial charge is 0.271 e. The van der Waals surface area contributed by atoms with Crippen molar-refractivity contribution < 1.29 is 9.47 Å². The Labute approximate surface area is 262 Å². The highest BCUT2D eigenvalue weighted by Crippen LogP contribution is 2.41. The van der Waals surface area contributed by atoms with Crippen LogP contribution in [0.3, 0.4) is 0 Å². The summed E-state index contributed by atoms with van der Waals surface area (Å²) < 4.78 is 14.0. The number of methoxy groups -OCH3 is 1. The average Bonchev–Trinajstić information content (AvgIpc) is 3.34. The minimum Gasteiger partial charge on any atom is -0.497 e. The second-order valence-electron chi connectivity index (χ2n) is 10.4. The van der Waals surface area contributed by atoms with Gasteiger partial charge in [-0.15, -0.1) is 0 Å². The molecule has 0 saturated heterocycles. The molecule has 43 heavy (non-hydrogen) atoms. The van der Waals surface area contributed by atoms with Crippen molar-refractivity contribution in [1.29, 1.82) is 0 Å². The van der Waals surface area contributed by atoms with Gasteiger partial charge in [0.1, 0.15) is 18.1 Å². The molecule has 5 aromatic rings. The summed E-state index contributed by atoms with van der Waals surface area (Å²) in [6.45, 7) is 0.270. The summed E-state index contributed by atoms with van der Waals surface area (Å²) in [6, 6.07) is 29.2. The molecule has 1 atom stereocenters. The molecule has 0 bridgehead atoms. The maximum Gasteiger partial charge on any atom is 0.271 e. The lowest BCUT2D eigenvalue weighted by molar-refractivity contribution is 0.305. The molecule has 8 heteroatoms. The first-order chi connectivity index (χ1) is 21.0. The van der Waals surface area contributed by atoms with Crippen molar-refractivity contribution in [3.8, 4) is 11.5 Å². The van der Waals surface area contributed by atoms with E-state index in [4.69, 9.17) is 37.7 Å². The number of ether oxygens (including phenoxy) is 2. The number of hydrogen-bond donors (Lipinski definition) is 0. The summed E-state index contributed by atoms with van der Waals surface area (Å²) in [4.78, 5) is 20.0. The number of aryl methyl sites for hydroxylation is 1. The number of para-hydroxylation sites is 1. The maximum absolute atomic E-state index is 14.2. The van der Waals surface area contributed by atoms with Gasteiger partial charge in [0.15, 0.2) is 4.80 Å². The lowest BCUT2D eigenvalue weighted by atomic mass is 9.83. The van der Waals surface area contributed by atoms with Gasteiger partial charge in [0.05, 0.1) is 23.4 Å². The van der Waals surface area contributed by atoms with Crippen LogP contribution in [0.25, 0.3) is 11.8 Å². The summed E-state index contributed by atoms with van der Waals surface area (Å²) in [5.41, 5.74) is 7.12. The van der Waals surface area contributed by atoms with Gasteiger partial charge in [0.2, 0.25) is 0 Å². The first-order valence-electron chi connectivity index (χ1n) is 13.9. The number of nitrogens with zero attached hydrogens (tertiary/aromatic N) is 2. The minimum atomic E-state index is -0.258. The van der Waals surface area contributed by atoms with Crippen molar-refractivity contribution in [3.05, 3.63) is 154 Å². The number of thiazole rings is 1. The first kappa shape index (κ1) is 27.7. The molecule has 1 aliphatic heterocycles. The van der Waals surface area contributed by atoms with Crippen LogP contribution in [0.1, 0.15) is 40.3 Å². The van der Waals surface area contributed by atoms with Gasteiger partial charge in [-0.3, -0.25) is 9.36 Å². The number of aromatic nitrogens is 1. The SMILES string of the molecule is COc1ccc([C@H]2C3=C(N=c4s/c(=C\c5ccccc5OCc5ccc(Cl)cc5Cl)c(=O)n42)c2ccccc2CC3)cc1. The summed E-state index contributed by atoms with van der Waals surface area (Å²) >= 11 is 13.8. The van der Waals surface area contributed by atoms with Crippen molar-refractivity contribution in [1.82, 2.24) is 4.57 Å². The molecule has 2 aliphatic rings. The molecule has 2 heterocycles. The van der Waals surface area contributed by atoms with Crippen LogP contribution >= 0.6 is 34.5 Å². The van der Waals surface area contributed by atoms with Crippen molar-refractivity contribution >= 4 is 46.3 Å². The lowest BCUT2D eigenvalue weighted by Crippen LogP contribution is -2.38. The second-order valence-corrected chi connectivity index (χ2v) is 12.3. The van der Waals surface area contributed by atoms with E-state index in [1.165, 1.54) is 16.9 Å². The standard InChI is InChI=1S/C35H26Cl2N2O3S/c1-41-26-15-11-22(12-16-26)33-28-17-13-21-6-2-4-8-27(21)32(28)38-35-39(33)34(40)31(43-35)18-23-7-3-5-9-30(23)42-20-24-10-14-25(36)19-29(24)37/h2-12,14-16,18-19,33H,13,17,20H2,1H3/b31-18-/t33-/m0/s1. The molecule has 0 amide bonds. The van der Waals surface area contributed by atoms with Crippen LogP contribution in [-0.2, 0) is 13.0 Å². The number of rotatable bonds is 6. The molecular weight excluding hydrogens is 599 g/mol. The number of halogens is 2. The zero-order valence-corrected chi connectivity index (χ0v) is 25.5. The second kappa shape index (κ2) is 11.5. The van der Waals surface area contributed by atoms with E-state index in [1.807, 2.05) is 65.2 Å². The number of hydrogen-bond acceptors (Lipinski definition) is 5. The van der Waals surface area contributed by atoms with Crippen LogP contribution in [-0.4, -0.2) is 11.7 Å². The van der Waals surface area contributed by atoms with E-state index in [1.54, 1.807) is 19.2 Å². The van der Waals surface area contributed by atoms with Gasteiger partial charge in [-0.25, -0.2) is 4.99 Å². The Kier molecular flexibility index (Phi) is 7.43. The van der Waals surface area contributed by atoms with Gasteiger partial charge >= 0.3 is 0 Å². The Morgan fingerprint density at radius 1 is 0.977 bits per heavy atom. The Bertz CT molecular complexity index is 2080. The fourth-order valence-electron chi connectivity index (χ4n) is 5.78. The van der Waals surface area contributed by atoms with Crippen LogP contribution in [0.2, 0.25) is 10.0 Å². The molecule has 4 aromatic carbocycles. The highest BCUT2D eigenvalue weighted by atomic mass is 35.5. The van der Waals surface area contributed by atoms with Crippen molar-refractivity contribution in [2.75, 3.05) is 7.11 Å². The third-order valence-electron chi connectivity index (χ3n) is 7.91. The van der Waals surface area contributed by atoms with Gasteiger partial charge in [-0.2, -0.15) is 0 Å². The molecule has 0 N–H and O–H groups in total. The third-order valence-corrected chi connectivity index (χ3v) is 9.48. The van der Waals surface area contributed by atoms with E-state index in [2.05, 4.69) is 24.3 Å². The molecule has 0 unspecified atom stereocenters. The third kappa shape index (κ3) is 5.20. The maximum atomic E-state index is 14.2. The molecule has 0 radical (unpaired) electrons. The molecule has 0 fully saturated rings. The summed E-state index contributed by atoms with van der Waals surface area (Å²) in [6.07, 6.45) is 3.63. The van der Waals surface area contributed by atoms with E-state index in [9.17, 15) is 4.79 Å². The van der Waals surface area contributed by atoms with Crippen molar-refractivity contribution in [2.24, 2.45) is 4.99 Å². The van der Waals surface area contributed by atoms with Gasteiger partial charge in [-0.05, 0) is 65.9 Å². The highest BCUT2D eigenvalue weighted by Gasteiger charge is 2.32. The predicted octanol–water partition coefficient (Wildman–Crippen LogP) is 7.21. The first-order valence-corrected chi connectivity index (χ1v) is 15.5. The van der Waals surface area contributed by atoms with E-state index in [0.29, 0.717) is 25.1 Å². The lowest BCUT2D eigenvalue weighted by Gasteiger charge is -2.30. The normalized spacial score (nSPS) is 15.8. The molecule has 1 aromatic heterocycles. The molecule has 1 aliphatic carbocycles. The molecule has 0 saturated carbocycles. The highest BCUT2D eigenvalue weighted by molar-refractivity contribution is 7.07. The monoisotopic (exact) mass is 624 g/mol. The Morgan fingerprint density at radius 3 is 2.58 bits per heavy atom. The molecule has 7 rings (SSSR count). The Balaban J connectivity index is 1.34. The van der Waals surface area contributed by atoms with Crippen LogP contribution in [0.15, 0.2) is 106 Å². The largest absolute Gasteiger partial charge is 0.497 e. The summed E-state index contributed by atoms with van der Waals surface area (Å²) in [5.74, 6) is 1.43. The molecular formula is C35H26Cl2N2O3S. The van der Waals surface area contributed by atoms with E-state index in [0.717, 1.165) is 52.1 Å². The van der Waals surface area contributed by atoms with Gasteiger partial charge in [-0.1, -0.05) is 95.2 Å². The van der Waals surface area contributed by atoms with Gasteiger partial charge < -0.3 is 9.47 Å². The van der Waals surface area contributed by atoms with Crippen molar-refractivity contribution in [2.45, 2.75) is 25.5 Å². The fraction of sp³-hybridized carbons (Fsp3) is 0.143. The Hall–Kier alpha value is -4.10. The van der Waals surface area contributed by atoms with E-state index in [-0.39, 0.29) is 18.2 Å². The van der Waals surface area contributed by atoms with E-state index >= 15 is 0 Å². The topological polar surface area (TPSA) is 52.8 Å². The number of fused-ring (bicyclic) bond motifs is 3. The van der Waals surface area contributed by atoms with Crippen LogP contribution in [0.4, 0.5) is 0 Å². The quantitative estimate of drug-likeness (QED) is 0.200. The van der Waals surface area contributed by atoms with E-state index < -0.39 is 0 Å². The van der Waals surface area contributed by atoms with Crippen LogP contribution in [0.5, 0.6) is 11.5 Å². The fourth-order valence-corrected chi connectivity index (χ4v) is 7.23. The average molecular weight is 626 g/mol. The van der Waals surface area contributed by atoms with Crippen molar-refractivity contribution in [3.63, 3.8) is 0 Å². The summed E-state index contributed by atoms with van der Waals surface area (Å²) in [7, 11) is 1.66. The predicted molar refractivity (Wildman–Crippen MR) is 173 cm³/mol. The zero-order valence-electron chi connectivity index (χ0n) is 23.2. The Morgan fingerprint density at radius 2 is 1.77 bits per heavy atom. The number of allylic oxidation sites excluding steroid dienone is 1. The molecule has 5 nitrogen and oxygen atoms in total.